The Labute approximate surface area is 220 Å². The highest BCUT2D eigenvalue weighted by atomic mass is 16.3. The monoisotopic (exact) mass is 514 g/mol. The molecule has 3 aliphatic rings. The fraction of sp³-hybridized carbons (Fsp3) is 0.379. The zero-order valence-electron chi connectivity index (χ0n) is 21.1. The van der Waals surface area contributed by atoms with Gasteiger partial charge in [0.15, 0.2) is 5.76 Å². The molecule has 1 fully saturated rings. The molecule has 0 atom stereocenters. The maximum atomic E-state index is 12.9. The van der Waals surface area contributed by atoms with Crippen molar-refractivity contribution < 1.29 is 23.6 Å². The summed E-state index contributed by atoms with van der Waals surface area (Å²) in [7, 11) is 0. The Morgan fingerprint density at radius 2 is 1.68 bits per heavy atom. The standard InChI is InChI=1S/C29H30N4O5/c34-25-8-7-21-15-22(14-20-5-3-11-33(25)26(20)21)31-28(36)27(35)30-17-18-9-12-32(13-10-18)29(37)24-16-19-4-1-2-6-23(19)38-24/h1-2,4,6,14-16,18H,3,5,7-13,17H2,(H,30,35)(H,31,36). The van der Waals surface area contributed by atoms with Gasteiger partial charge in [0.2, 0.25) is 5.91 Å². The molecule has 1 saturated heterocycles. The number of piperidine rings is 1. The molecule has 3 aromatic rings. The van der Waals surface area contributed by atoms with Gasteiger partial charge in [-0.1, -0.05) is 18.2 Å². The number of benzene rings is 2. The predicted octanol–water partition coefficient (Wildman–Crippen LogP) is 3.27. The van der Waals surface area contributed by atoms with Crippen LogP contribution in [0.1, 0.15) is 47.4 Å². The van der Waals surface area contributed by atoms with Gasteiger partial charge in [0.1, 0.15) is 5.58 Å². The number of aryl methyl sites for hydroxylation is 2. The van der Waals surface area contributed by atoms with E-state index in [0.29, 0.717) is 49.5 Å². The third-order valence-electron chi connectivity index (χ3n) is 7.83. The number of carbonyl (C=O) groups excluding carboxylic acids is 4. The molecule has 2 aromatic carbocycles. The van der Waals surface area contributed by atoms with Crippen molar-refractivity contribution >= 4 is 46.0 Å². The predicted molar refractivity (Wildman–Crippen MR) is 142 cm³/mol. The third-order valence-corrected chi connectivity index (χ3v) is 7.83. The van der Waals surface area contributed by atoms with E-state index in [4.69, 9.17) is 4.42 Å². The Morgan fingerprint density at radius 3 is 2.47 bits per heavy atom. The second kappa shape index (κ2) is 9.96. The summed E-state index contributed by atoms with van der Waals surface area (Å²) < 4.78 is 5.71. The van der Waals surface area contributed by atoms with E-state index in [2.05, 4.69) is 10.6 Å². The van der Waals surface area contributed by atoms with E-state index in [9.17, 15) is 19.2 Å². The zero-order chi connectivity index (χ0) is 26.2. The molecular weight excluding hydrogens is 484 g/mol. The van der Waals surface area contributed by atoms with Gasteiger partial charge in [0.05, 0.1) is 5.69 Å². The molecule has 0 saturated carbocycles. The Morgan fingerprint density at radius 1 is 0.921 bits per heavy atom. The molecule has 0 unspecified atom stereocenters. The summed E-state index contributed by atoms with van der Waals surface area (Å²) in [5.41, 5.74) is 4.36. The average molecular weight is 515 g/mol. The molecule has 4 amide bonds. The second-order valence-electron chi connectivity index (χ2n) is 10.3. The van der Waals surface area contributed by atoms with Gasteiger partial charge in [-0.2, -0.15) is 0 Å². The van der Waals surface area contributed by atoms with E-state index in [-0.39, 0.29) is 17.7 Å². The molecule has 4 heterocycles. The zero-order valence-corrected chi connectivity index (χ0v) is 21.1. The van der Waals surface area contributed by atoms with Crippen LogP contribution in [0.25, 0.3) is 11.0 Å². The summed E-state index contributed by atoms with van der Waals surface area (Å²) in [6.45, 7) is 2.26. The van der Waals surface area contributed by atoms with Crippen molar-refractivity contribution in [1.29, 1.82) is 0 Å². The molecule has 9 nitrogen and oxygen atoms in total. The number of carbonyl (C=O) groups is 4. The minimum Gasteiger partial charge on any atom is -0.451 e. The number of rotatable bonds is 4. The van der Waals surface area contributed by atoms with Gasteiger partial charge in [-0.3, -0.25) is 19.2 Å². The molecule has 3 aliphatic heterocycles. The summed E-state index contributed by atoms with van der Waals surface area (Å²) in [6.07, 6.45) is 4.31. The van der Waals surface area contributed by atoms with E-state index in [1.165, 1.54) is 0 Å². The molecule has 6 rings (SSSR count). The van der Waals surface area contributed by atoms with Crippen LogP contribution in [-0.4, -0.2) is 54.7 Å². The topological polar surface area (TPSA) is 112 Å². The number of anilines is 2. The molecule has 0 spiro atoms. The first-order valence-electron chi connectivity index (χ1n) is 13.3. The smallest absolute Gasteiger partial charge is 0.313 e. The van der Waals surface area contributed by atoms with Gasteiger partial charge in [0, 0.05) is 43.7 Å². The highest BCUT2D eigenvalue weighted by molar-refractivity contribution is 6.39. The summed E-state index contributed by atoms with van der Waals surface area (Å²) in [5, 5.41) is 6.39. The van der Waals surface area contributed by atoms with Crippen LogP contribution in [0, 0.1) is 5.92 Å². The molecule has 2 N–H and O–H groups in total. The van der Waals surface area contributed by atoms with Crippen LogP contribution < -0.4 is 15.5 Å². The van der Waals surface area contributed by atoms with Crippen LogP contribution in [0.15, 0.2) is 46.9 Å². The van der Waals surface area contributed by atoms with Crippen LogP contribution in [-0.2, 0) is 27.2 Å². The van der Waals surface area contributed by atoms with Crippen LogP contribution in [0.5, 0.6) is 0 Å². The minimum absolute atomic E-state index is 0.125. The van der Waals surface area contributed by atoms with Crippen molar-refractivity contribution in [2.45, 2.75) is 38.5 Å². The summed E-state index contributed by atoms with van der Waals surface area (Å²) in [4.78, 5) is 53.9. The van der Waals surface area contributed by atoms with Gasteiger partial charge < -0.3 is 24.9 Å². The van der Waals surface area contributed by atoms with Crippen molar-refractivity contribution in [3.63, 3.8) is 0 Å². The van der Waals surface area contributed by atoms with Crippen molar-refractivity contribution in [1.82, 2.24) is 10.2 Å². The lowest BCUT2D eigenvalue weighted by Crippen LogP contribution is -2.43. The lowest BCUT2D eigenvalue weighted by molar-refractivity contribution is -0.136. The fourth-order valence-electron chi connectivity index (χ4n) is 5.81. The van der Waals surface area contributed by atoms with Crippen molar-refractivity contribution in [2.75, 3.05) is 36.4 Å². The first-order valence-corrected chi connectivity index (χ1v) is 13.3. The van der Waals surface area contributed by atoms with Gasteiger partial charge >= 0.3 is 11.8 Å². The average Bonchev–Trinajstić information content (AvgIpc) is 3.38. The number of hydrogen-bond donors (Lipinski definition) is 2. The summed E-state index contributed by atoms with van der Waals surface area (Å²) in [6, 6.07) is 13.1. The molecule has 0 bridgehead atoms. The number of hydrogen-bond acceptors (Lipinski definition) is 5. The molecule has 9 heteroatoms. The van der Waals surface area contributed by atoms with Gasteiger partial charge in [-0.25, -0.2) is 0 Å². The molecule has 38 heavy (non-hydrogen) atoms. The van der Waals surface area contributed by atoms with Crippen LogP contribution >= 0.6 is 0 Å². The maximum Gasteiger partial charge on any atom is 0.313 e. The molecule has 1 aromatic heterocycles. The van der Waals surface area contributed by atoms with E-state index in [1.54, 1.807) is 11.0 Å². The van der Waals surface area contributed by atoms with E-state index in [0.717, 1.165) is 54.4 Å². The minimum atomic E-state index is -0.700. The molecule has 0 aliphatic carbocycles. The lowest BCUT2D eigenvalue weighted by Gasteiger charge is -2.35. The third kappa shape index (κ3) is 4.64. The second-order valence-corrected chi connectivity index (χ2v) is 10.3. The molecule has 196 valence electrons. The fourth-order valence-corrected chi connectivity index (χ4v) is 5.81. The first-order chi connectivity index (χ1) is 18.5. The van der Waals surface area contributed by atoms with Gasteiger partial charge in [-0.15, -0.1) is 0 Å². The number of para-hydroxylation sites is 1. The van der Waals surface area contributed by atoms with E-state index < -0.39 is 11.8 Å². The van der Waals surface area contributed by atoms with Crippen LogP contribution in [0.2, 0.25) is 0 Å². The van der Waals surface area contributed by atoms with E-state index >= 15 is 0 Å². The normalized spacial score (nSPS) is 17.3. The Bertz CT molecular complexity index is 1390. The summed E-state index contributed by atoms with van der Waals surface area (Å²) >= 11 is 0. The highest BCUT2D eigenvalue weighted by Gasteiger charge is 2.30. The highest BCUT2D eigenvalue weighted by Crippen LogP contribution is 2.37. The number of fused-ring (bicyclic) bond motifs is 1. The number of nitrogens with zero attached hydrogens (tertiary/aromatic N) is 2. The Kier molecular flexibility index (Phi) is 6.35. The SMILES string of the molecule is O=C(NCC1CCN(C(=O)c2cc3ccccc3o2)CC1)C(=O)Nc1cc2c3c(c1)CCC(=O)N3CCC2. The Hall–Kier alpha value is -4.14. The van der Waals surface area contributed by atoms with Gasteiger partial charge in [-0.05, 0) is 73.4 Å². The number of furan rings is 1. The maximum absolute atomic E-state index is 12.9. The lowest BCUT2D eigenvalue weighted by atomic mass is 9.91. The van der Waals surface area contributed by atoms with Crippen LogP contribution in [0.3, 0.4) is 0 Å². The Balaban J connectivity index is 1.00. The summed E-state index contributed by atoms with van der Waals surface area (Å²) in [5.74, 6) is -0.824. The molecular formula is C29H30N4O5. The van der Waals surface area contributed by atoms with Crippen molar-refractivity contribution in [2.24, 2.45) is 5.92 Å². The van der Waals surface area contributed by atoms with Gasteiger partial charge in [0.25, 0.3) is 5.91 Å². The number of likely N-dealkylation sites (tertiary alicyclic amines) is 1. The first kappa shape index (κ1) is 24.2. The quantitative estimate of drug-likeness (QED) is 0.519. The van der Waals surface area contributed by atoms with Crippen molar-refractivity contribution in [3.8, 4) is 0 Å². The molecule has 0 radical (unpaired) electrons. The largest absolute Gasteiger partial charge is 0.451 e. The van der Waals surface area contributed by atoms with Crippen molar-refractivity contribution in [3.05, 3.63) is 59.4 Å². The van der Waals surface area contributed by atoms with Crippen LogP contribution in [0.4, 0.5) is 11.4 Å². The number of amides is 4. The van der Waals surface area contributed by atoms with E-state index in [1.807, 2.05) is 41.3 Å². The number of nitrogens with one attached hydrogen (secondary N) is 2.